The summed E-state index contributed by atoms with van der Waals surface area (Å²) in [6.07, 6.45) is 7.04. The number of aryl methyl sites for hydroxylation is 1. The Hall–Kier alpha value is -3.44. The molecule has 230 valence electrons. The molecule has 5 nitrogen and oxygen atoms in total. The lowest BCUT2D eigenvalue weighted by Gasteiger charge is -2.30. The van der Waals surface area contributed by atoms with E-state index in [-0.39, 0.29) is 0 Å². The topological polar surface area (TPSA) is 35.9 Å². The van der Waals surface area contributed by atoms with Crippen LogP contribution in [-0.2, 0) is 6.54 Å². The van der Waals surface area contributed by atoms with Gasteiger partial charge in [0.25, 0.3) is 0 Å². The summed E-state index contributed by atoms with van der Waals surface area (Å²) < 4.78 is 20.6. The first-order chi connectivity index (χ1) is 21.1. The lowest BCUT2D eigenvalue weighted by Crippen LogP contribution is -2.37. The van der Waals surface area contributed by atoms with Crippen LogP contribution in [0.4, 0.5) is 0 Å². The maximum Gasteiger partial charge on any atom is 0.120 e. The third-order valence-corrected chi connectivity index (χ3v) is 8.63. The van der Waals surface area contributed by atoms with E-state index in [1.54, 1.807) is 0 Å². The molecule has 0 radical (unpaired) electrons. The second-order valence-electron chi connectivity index (χ2n) is 12.2. The normalized spacial score (nSPS) is 15.6. The highest BCUT2D eigenvalue weighted by atomic mass is 16.5. The van der Waals surface area contributed by atoms with Gasteiger partial charge in [0, 0.05) is 30.5 Å². The monoisotopic (exact) mass is 582 g/mol. The number of ether oxygens (including phenoxy) is 3. The highest BCUT2D eigenvalue weighted by molar-refractivity contribution is 5.92. The number of rotatable bonds is 15. The smallest absolute Gasteiger partial charge is 0.120 e. The second-order valence-corrected chi connectivity index (χ2v) is 12.2. The van der Waals surface area contributed by atoms with Crippen molar-refractivity contribution in [2.75, 3.05) is 39.5 Å². The Labute approximate surface area is 258 Å². The van der Waals surface area contributed by atoms with Crippen LogP contribution < -0.4 is 14.2 Å². The summed E-state index contributed by atoms with van der Waals surface area (Å²) >= 11 is 0. The SMILES string of the molecule is CCCCOc1ccc(-c2c(C)c3cc(OCCCC)ccc3n2Cc2ccc(OCCN3CCCC(C)C3)cc2)cc1. The molecule has 0 saturated carbocycles. The minimum Gasteiger partial charge on any atom is -0.494 e. The zero-order chi connectivity index (χ0) is 30.0. The molecule has 2 heterocycles. The Morgan fingerprint density at radius 2 is 1.40 bits per heavy atom. The lowest BCUT2D eigenvalue weighted by molar-refractivity contribution is 0.153. The first-order valence-corrected chi connectivity index (χ1v) is 16.5. The van der Waals surface area contributed by atoms with E-state index in [9.17, 15) is 0 Å². The van der Waals surface area contributed by atoms with Crippen LogP contribution in [0.5, 0.6) is 17.2 Å². The molecule has 0 amide bonds. The van der Waals surface area contributed by atoms with Crippen molar-refractivity contribution < 1.29 is 14.2 Å². The van der Waals surface area contributed by atoms with Crippen LogP contribution in [-0.4, -0.2) is 48.9 Å². The van der Waals surface area contributed by atoms with Crippen molar-refractivity contribution in [3.05, 3.63) is 77.9 Å². The highest BCUT2D eigenvalue weighted by Gasteiger charge is 2.18. The largest absolute Gasteiger partial charge is 0.494 e. The number of unbranched alkanes of at least 4 members (excludes halogenated alkanes) is 2. The van der Waals surface area contributed by atoms with Crippen LogP contribution in [0.3, 0.4) is 0 Å². The number of nitrogens with zero attached hydrogens (tertiary/aromatic N) is 2. The van der Waals surface area contributed by atoms with Gasteiger partial charge in [0.2, 0.25) is 0 Å². The maximum absolute atomic E-state index is 6.14. The fourth-order valence-electron chi connectivity index (χ4n) is 6.16. The molecule has 43 heavy (non-hydrogen) atoms. The molecule has 0 spiro atoms. The van der Waals surface area contributed by atoms with E-state index in [1.807, 2.05) is 0 Å². The summed E-state index contributed by atoms with van der Waals surface area (Å²) in [6, 6.07) is 23.8. The van der Waals surface area contributed by atoms with E-state index in [4.69, 9.17) is 14.2 Å². The summed E-state index contributed by atoms with van der Waals surface area (Å²) in [5.74, 6) is 3.60. The van der Waals surface area contributed by atoms with Gasteiger partial charge in [-0.05, 0) is 116 Å². The number of likely N-dealkylation sites (tertiary alicyclic amines) is 1. The zero-order valence-electron chi connectivity index (χ0n) is 26.7. The van der Waals surface area contributed by atoms with Crippen LogP contribution in [0.1, 0.15) is 70.4 Å². The van der Waals surface area contributed by atoms with E-state index >= 15 is 0 Å². The van der Waals surface area contributed by atoms with Gasteiger partial charge >= 0.3 is 0 Å². The van der Waals surface area contributed by atoms with Gasteiger partial charge < -0.3 is 18.8 Å². The predicted octanol–water partition coefficient (Wildman–Crippen LogP) is 9.13. The summed E-state index contributed by atoms with van der Waals surface area (Å²) in [7, 11) is 0. The molecule has 1 aromatic heterocycles. The molecule has 0 N–H and O–H groups in total. The van der Waals surface area contributed by atoms with E-state index in [0.29, 0.717) is 0 Å². The van der Waals surface area contributed by atoms with Crippen molar-refractivity contribution in [2.24, 2.45) is 5.92 Å². The molecule has 1 aliphatic heterocycles. The Morgan fingerprint density at radius 3 is 2.07 bits per heavy atom. The first kappa shape index (κ1) is 31.0. The molecule has 5 heteroatoms. The van der Waals surface area contributed by atoms with Crippen molar-refractivity contribution >= 4 is 10.9 Å². The molecule has 1 saturated heterocycles. The van der Waals surface area contributed by atoms with Crippen LogP contribution in [0, 0.1) is 12.8 Å². The fraction of sp³-hybridized carbons (Fsp3) is 0.474. The fourth-order valence-corrected chi connectivity index (χ4v) is 6.16. The molecule has 1 fully saturated rings. The molecule has 0 aliphatic carbocycles. The quantitative estimate of drug-likeness (QED) is 0.131. The number of fused-ring (bicyclic) bond motifs is 1. The molecular formula is C38H50N2O3. The van der Waals surface area contributed by atoms with Crippen molar-refractivity contribution in [1.29, 1.82) is 0 Å². The molecule has 1 aliphatic rings. The number of benzene rings is 3. The molecular weight excluding hydrogens is 532 g/mol. The van der Waals surface area contributed by atoms with Gasteiger partial charge in [0.15, 0.2) is 0 Å². The van der Waals surface area contributed by atoms with Gasteiger partial charge in [-0.3, -0.25) is 4.90 Å². The lowest BCUT2D eigenvalue weighted by atomic mass is 10.0. The van der Waals surface area contributed by atoms with Crippen LogP contribution in [0.25, 0.3) is 22.2 Å². The Bertz CT molecular complexity index is 1420. The maximum atomic E-state index is 6.14. The van der Waals surface area contributed by atoms with Crippen molar-refractivity contribution in [1.82, 2.24) is 9.47 Å². The minimum atomic E-state index is 0.735. The van der Waals surface area contributed by atoms with Crippen LogP contribution in [0.2, 0.25) is 0 Å². The van der Waals surface area contributed by atoms with Crippen LogP contribution in [0.15, 0.2) is 66.7 Å². The number of hydrogen-bond acceptors (Lipinski definition) is 4. The molecule has 5 rings (SSSR count). The van der Waals surface area contributed by atoms with E-state index in [2.05, 4.69) is 104 Å². The summed E-state index contributed by atoms with van der Waals surface area (Å²) in [4.78, 5) is 2.54. The zero-order valence-corrected chi connectivity index (χ0v) is 26.7. The first-order valence-electron chi connectivity index (χ1n) is 16.5. The van der Waals surface area contributed by atoms with Gasteiger partial charge in [-0.15, -0.1) is 0 Å². The average Bonchev–Trinajstić information content (AvgIpc) is 3.29. The van der Waals surface area contributed by atoms with E-state index < -0.39 is 0 Å². The van der Waals surface area contributed by atoms with Gasteiger partial charge in [-0.25, -0.2) is 0 Å². The van der Waals surface area contributed by atoms with Crippen molar-refractivity contribution in [3.63, 3.8) is 0 Å². The summed E-state index contributed by atoms with van der Waals surface area (Å²) in [6.45, 7) is 15.4. The van der Waals surface area contributed by atoms with E-state index in [1.165, 1.54) is 59.2 Å². The molecule has 4 aromatic rings. The summed E-state index contributed by atoms with van der Waals surface area (Å²) in [5.41, 5.74) is 6.16. The van der Waals surface area contributed by atoms with Gasteiger partial charge in [0.05, 0.1) is 18.9 Å². The van der Waals surface area contributed by atoms with Gasteiger partial charge in [0.1, 0.15) is 23.9 Å². The van der Waals surface area contributed by atoms with Crippen molar-refractivity contribution in [3.8, 4) is 28.5 Å². The Kier molecular flexibility index (Phi) is 11.1. The molecule has 1 atom stereocenters. The Morgan fingerprint density at radius 1 is 0.767 bits per heavy atom. The van der Waals surface area contributed by atoms with Crippen LogP contribution >= 0.6 is 0 Å². The van der Waals surface area contributed by atoms with Gasteiger partial charge in [-0.2, -0.15) is 0 Å². The second kappa shape index (κ2) is 15.3. The molecule has 3 aromatic carbocycles. The third kappa shape index (κ3) is 8.14. The Balaban J connectivity index is 1.36. The van der Waals surface area contributed by atoms with Gasteiger partial charge in [-0.1, -0.05) is 45.7 Å². The molecule has 0 bridgehead atoms. The van der Waals surface area contributed by atoms with Crippen molar-refractivity contribution in [2.45, 2.75) is 72.8 Å². The summed E-state index contributed by atoms with van der Waals surface area (Å²) in [5, 5.41) is 1.24. The highest BCUT2D eigenvalue weighted by Crippen LogP contribution is 2.36. The number of hydrogen-bond donors (Lipinski definition) is 0. The third-order valence-electron chi connectivity index (χ3n) is 8.63. The number of aromatic nitrogens is 1. The average molecular weight is 583 g/mol. The predicted molar refractivity (Wildman–Crippen MR) is 179 cm³/mol. The number of piperidine rings is 1. The van der Waals surface area contributed by atoms with E-state index in [0.717, 1.165) is 81.8 Å². The minimum absolute atomic E-state index is 0.735. The molecule has 1 unspecified atom stereocenters. The standard InChI is InChI=1S/C38H50N2O3/c1-5-7-23-41-34-17-13-32(14-18-34)38-30(4)36-26-35(42-24-8-6-2)19-20-37(36)40(38)28-31-11-15-33(16-12-31)43-25-22-39-21-9-10-29(3)27-39/h11-20,26,29H,5-10,21-25,27-28H2,1-4H3.